The van der Waals surface area contributed by atoms with Crippen LogP contribution in [0, 0.1) is 0 Å². The number of nitrogens with one attached hydrogen (secondary N) is 3. The fraction of sp³-hybridized carbons (Fsp3) is 0.375. The van der Waals surface area contributed by atoms with E-state index in [9.17, 15) is 22.0 Å². The molecule has 34 heavy (non-hydrogen) atoms. The molecule has 1 fully saturated rings. The number of rotatable bonds is 8. The number of halogens is 5. The van der Waals surface area contributed by atoms with Crippen LogP contribution in [0.15, 0.2) is 55.2 Å². The summed E-state index contributed by atoms with van der Waals surface area (Å²) in [5, 5.41) is 9.22. The summed E-state index contributed by atoms with van der Waals surface area (Å²) < 4.78 is 64.7. The monoisotopic (exact) mass is 479 g/mol. The summed E-state index contributed by atoms with van der Waals surface area (Å²) in [4.78, 5) is 3.97. The number of nitrogens with zero attached hydrogens (tertiary/aromatic N) is 2. The Kier molecular flexibility index (Phi) is 6.95. The van der Waals surface area contributed by atoms with Crippen LogP contribution in [-0.2, 0) is 0 Å². The van der Waals surface area contributed by atoms with E-state index in [2.05, 4.69) is 27.5 Å². The van der Waals surface area contributed by atoms with Crippen molar-refractivity contribution >= 4 is 22.8 Å². The van der Waals surface area contributed by atoms with Gasteiger partial charge >= 0.3 is 6.18 Å². The second-order valence-corrected chi connectivity index (χ2v) is 8.47. The summed E-state index contributed by atoms with van der Waals surface area (Å²) in [7, 11) is 0. The maximum atomic E-state index is 13.0. The summed E-state index contributed by atoms with van der Waals surface area (Å²) in [5.41, 5.74) is 2.17. The fourth-order valence-electron chi connectivity index (χ4n) is 4.16. The maximum absolute atomic E-state index is 13.0. The van der Waals surface area contributed by atoms with Crippen molar-refractivity contribution in [2.24, 2.45) is 0 Å². The van der Waals surface area contributed by atoms with Crippen LogP contribution in [0.3, 0.4) is 0 Å². The van der Waals surface area contributed by atoms with Crippen LogP contribution in [0.4, 0.5) is 33.5 Å². The van der Waals surface area contributed by atoms with Crippen molar-refractivity contribution in [3.8, 4) is 0 Å². The second kappa shape index (κ2) is 9.90. The van der Waals surface area contributed by atoms with Gasteiger partial charge in [0.1, 0.15) is 23.7 Å². The normalized spacial score (nSPS) is 18.8. The van der Waals surface area contributed by atoms with Gasteiger partial charge in [-0.15, -0.1) is 0 Å². The zero-order valence-electron chi connectivity index (χ0n) is 18.4. The number of anilines is 2. The van der Waals surface area contributed by atoms with Crippen molar-refractivity contribution < 1.29 is 22.0 Å². The molecule has 0 amide bonds. The van der Waals surface area contributed by atoms with E-state index in [0.29, 0.717) is 11.3 Å². The second-order valence-electron chi connectivity index (χ2n) is 8.47. The van der Waals surface area contributed by atoms with Crippen LogP contribution in [0.5, 0.6) is 0 Å². The molecule has 2 aromatic heterocycles. The summed E-state index contributed by atoms with van der Waals surface area (Å²) in [6.07, 6.45) is -1.96. The molecular weight excluding hydrogens is 453 g/mol. The number of fused-ring (bicyclic) bond motifs is 1. The Bertz CT molecular complexity index is 1110. The van der Waals surface area contributed by atoms with Gasteiger partial charge in [0.05, 0.1) is 0 Å². The lowest BCUT2D eigenvalue weighted by atomic mass is 9.90. The van der Waals surface area contributed by atoms with E-state index >= 15 is 0 Å². The van der Waals surface area contributed by atoms with Crippen molar-refractivity contribution in [1.82, 2.24) is 14.7 Å². The molecule has 1 saturated carbocycles. The highest BCUT2D eigenvalue weighted by Gasteiger charge is 2.26. The predicted octanol–water partition coefficient (Wildman–Crippen LogP) is 6.23. The number of benzene rings is 1. The van der Waals surface area contributed by atoms with Crippen LogP contribution >= 0.6 is 0 Å². The van der Waals surface area contributed by atoms with Crippen LogP contribution in [0.1, 0.15) is 43.4 Å². The third-order valence-electron chi connectivity index (χ3n) is 5.92. The zero-order chi connectivity index (χ0) is 24.3. The van der Waals surface area contributed by atoms with Gasteiger partial charge in [-0.2, -0.15) is 13.2 Å². The smallest absolute Gasteiger partial charge is 0.382 e. The minimum atomic E-state index is -4.27. The predicted molar refractivity (Wildman–Crippen MR) is 123 cm³/mol. The van der Waals surface area contributed by atoms with Crippen LogP contribution in [-0.4, -0.2) is 34.2 Å². The van der Waals surface area contributed by atoms with Gasteiger partial charge in [0.25, 0.3) is 6.43 Å². The van der Waals surface area contributed by atoms with E-state index in [-0.39, 0.29) is 17.8 Å². The minimum Gasteiger partial charge on any atom is -0.382 e. The SMILES string of the molecule is C=C(NC1CCC(Nc2cccc3nc(C(F)F)cn23)CC1)c1ccc(NCC(F)(F)F)cc1. The minimum absolute atomic E-state index is 0.202. The Morgan fingerprint density at radius 1 is 1.03 bits per heavy atom. The molecule has 0 atom stereocenters. The number of imidazole rings is 1. The standard InChI is InChI=1S/C24H26F5N5/c1-15(16-5-7-17(8-6-16)30-14-24(27,28)29)31-18-9-11-19(12-10-18)32-21-3-2-4-22-33-20(23(25)26)13-34(21)22/h2-8,13,18-19,23,30-32H,1,9-12,14H2. The van der Waals surface area contributed by atoms with Crippen molar-refractivity contribution in [3.63, 3.8) is 0 Å². The third-order valence-corrected chi connectivity index (χ3v) is 5.92. The van der Waals surface area contributed by atoms with E-state index in [1.807, 2.05) is 6.07 Å². The highest BCUT2D eigenvalue weighted by Crippen LogP contribution is 2.26. The van der Waals surface area contributed by atoms with Crippen molar-refractivity contribution in [2.75, 3.05) is 17.2 Å². The number of hydrogen-bond acceptors (Lipinski definition) is 4. The summed E-state index contributed by atoms with van der Waals surface area (Å²) >= 11 is 0. The zero-order valence-corrected chi connectivity index (χ0v) is 18.4. The summed E-state index contributed by atoms with van der Waals surface area (Å²) in [5.74, 6) is 0.733. The first-order valence-electron chi connectivity index (χ1n) is 11.1. The van der Waals surface area contributed by atoms with Gasteiger partial charge in [0.2, 0.25) is 0 Å². The number of hydrogen-bond donors (Lipinski definition) is 3. The molecule has 2 heterocycles. The van der Waals surface area contributed by atoms with Gasteiger partial charge in [-0.1, -0.05) is 24.8 Å². The first-order chi connectivity index (χ1) is 16.2. The largest absolute Gasteiger partial charge is 0.405 e. The molecule has 4 rings (SSSR count). The molecule has 1 aromatic carbocycles. The van der Waals surface area contributed by atoms with Gasteiger partial charge in [-0.05, 0) is 55.5 Å². The molecule has 0 spiro atoms. The van der Waals surface area contributed by atoms with Gasteiger partial charge in [-0.3, -0.25) is 4.40 Å². The van der Waals surface area contributed by atoms with Gasteiger partial charge in [0.15, 0.2) is 0 Å². The van der Waals surface area contributed by atoms with Crippen molar-refractivity contribution in [2.45, 2.75) is 50.4 Å². The molecule has 5 nitrogen and oxygen atoms in total. The molecule has 1 aliphatic rings. The maximum Gasteiger partial charge on any atom is 0.405 e. The quantitative estimate of drug-likeness (QED) is 0.335. The summed E-state index contributed by atoms with van der Waals surface area (Å²) in [6, 6.07) is 12.4. The van der Waals surface area contributed by atoms with Gasteiger partial charge < -0.3 is 16.0 Å². The Morgan fingerprint density at radius 3 is 2.35 bits per heavy atom. The lowest BCUT2D eigenvalue weighted by Crippen LogP contribution is -2.36. The van der Waals surface area contributed by atoms with E-state index in [1.54, 1.807) is 40.8 Å². The van der Waals surface area contributed by atoms with Crippen LogP contribution in [0.2, 0.25) is 0 Å². The van der Waals surface area contributed by atoms with E-state index in [4.69, 9.17) is 0 Å². The number of pyridine rings is 1. The molecule has 1 aliphatic carbocycles. The number of aromatic nitrogens is 2. The molecule has 0 aliphatic heterocycles. The highest BCUT2D eigenvalue weighted by atomic mass is 19.4. The van der Waals surface area contributed by atoms with Gasteiger partial charge in [0, 0.05) is 29.7 Å². The molecule has 0 saturated heterocycles. The average molecular weight is 479 g/mol. The number of alkyl halides is 5. The van der Waals surface area contributed by atoms with E-state index in [1.165, 1.54) is 6.20 Å². The lowest BCUT2D eigenvalue weighted by Gasteiger charge is -2.31. The molecule has 0 radical (unpaired) electrons. The Hall–Kier alpha value is -3.30. The molecule has 3 aromatic rings. The average Bonchev–Trinajstić information content (AvgIpc) is 3.25. The Labute approximate surface area is 194 Å². The Balaban J connectivity index is 1.28. The molecular formula is C24H26F5N5. The van der Waals surface area contributed by atoms with Gasteiger partial charge in [-0.25, -0.2) is 13.8 Å². The molecule has 0 bridgehead atoms. The van der Waals surface area contributed by atoms with E-state index < -0.39 is 19.1 Å². The highest BCUT2D eigenvalue weighted by molar-refractivity contribution is 5.64. The van der Waals surface area contributed by atoms with E-state index in [0.717, 1.165) is 42.8 Å². The van der Waals surface area contributed by atoms with Crippen molar-refractivity contribution in [3.05, 3.63) is 66.5 Å². The fourth-order valence-corrected chi connectivity index (χ4v) is 4.16. The first kappa shape index (κ1) is 23.8. The lowest BCUT2D eigenvalue weighted by molar-refractivity contribution is -0.115. The summed E-state index contributed by atoms with van der Waals surface area (Å²) in [6.45, 7) is 2.99. The topological polar surface area (TPSA) is 53.4 Å². The Morgan fingerprint density at radius 2 is 1.71 bits per heavy atom. The molecule has 182 valence electrons. The molecule has 0 unspecified atom stereocenters. The van der Waals surface area contributed by atoms with Crippen molar-refractivity contribution in [1.29, 1.82) is 0 Å². The third kappa shape index (κ3) is 5.98. The molecule has 3 N–H and O–H groups in total. The molecule has 10 heteroatoms. The van der Waals surface area contributed by atoms with Crippen LogP contribution < -0.4 is 16.0 Å². The first-order valence-corrected chi connectivity index (χ1v) is 11.1. The van der Waals surface area contributed by atoms with Crippen LogP contribution in [0.25, 0.3) is 11.3 Å².